The van der Waals surface area contributed by atoms with Crippen LogP contribution in [0.1, 0.15) is 81.7 Å². The van der Waals surface area contributed by atoms with Gasteiger partial charge < -0.3 is 30.0 Å². The molecule has 3 N–H and O–H groups in total. The Morgan fingerprint density at radius 2 is 1.40 bits per heavy atom. The fourth-order valence-corrected chi connectivity index (χ4v) is 3.73. The van der Waals surface area contributed by atoms with Crippen LogP contribution in [0.4, 0.5) is 4.79 Å². The molecule has 2 aromatic rings. The highest BCUT2D eigenvalue weighted by Crippen LogP contribution is 2.19. The first-order valence-corrected chi connectivity index (χ1v) is 13.6. The minimum atomic E-state index is -1.03. The van der Waals surface area contributed by atoms with Crippen molar-refractivity contribution < 1.29 is 38.1 Å². The van der Waals surface area contributed by atoms with Crippen molar-refractivity contribution in [2.75, 3.05) is 13.2 Å². The van der Waals surface area contributed by atoms with E-state index in [0.717, 1.165) is 0 Å². The van der Waals surface area contributed by atoms with E-state index in [1.807, 2.05) is 20.8 Å². The molecule has 2 amide bonds. The second kappa shape index (κ2) is 14.6. The van der Waals surface area contributed by atoms with Gasteiger partial charge >= 0.3 is 12.1 Å². The molecule has 2 atom stereocenters. The van der Waals surface area contributed by atoms with Gasteiger partial charge in [0.1, 0.15) is 23.2 Å². The van der Waals surface area contributed by atoms with Crippen LogP contribution in [0, 0.1) is 0 Å². The number of carbonyl (C=O) groups is 4. The van der Waals surface area contributed by atoms with Gasteiger partial charge in [-0.25, -0.2) is 9.59 Å². The molecule has 2 rings (SSSR count). The van der Waals surface area contributed by atoms with Gasteiger partial charge in [0, 0.05) is 16.7 Å². The summed E-state index contributed by atoms with van der Waals surface area (Å²) in [6.07, 6.45) is -1.51. The number of esters is 1. The first-order chi connectivity index (χ1) is 19.5. The number of amides is 2. The highest BCUT2D eigenvalue weighted by atomic mass is 16.6. The molecule has 0 spiro atoms. The first-order valence-electron chi connectivity index (χ1n) is 13.6. The summed E-state index contributed by atoms with van der Waals surface area (Å²) >= 11 is 0. The molecular formula is C31H41N3O8. The number of nitrogens with zero attached hydrogens (tertiary/aromatic N) is 1. The highest BCUT2D eigenvalue weighted by Gasteiger charge is 2.31. The van der Waals surface area contributed by atoms with Gasteiger partial charge in [0.15, 0.2) is 12.4 Å². The van der Waals surface area contributed by atoms with Crippen LogP contribution in [0.2, 0.25) is 0 Å². The normalized spacial score (nSPS) is 13.5. The quantitative estimate of drug-likeness (QED) is 0.169. The van der Waals surface area contributed by atoms with Crippen molar-refractivity contribution >= 4 is 29.6 Å². The molecule has 2 aromatic carbocycles. The lowest BCUT2D eigenvalue weighted by molar-refractivity contribution is -0.145. The molecule has 0 heterocycles. The molecule has 0 fully saturated rings. The Labute approximate surface area is 246 Å². The predicted molar refractivity (Wildman–Crippen MR) is 158 cm³/mol. The third-order valence-electron chi connectivity index (χ3n) is 5.43. The molecule has 0 aliphatic heterocycles. The maximum atomic E-state index is 13.6. The molecule has 42 heavy (non-hydrogen) atoms. The lowest BCUT2D eigenvalue weighted by atomic mass is 9.98. The van der Waals surface area contributed by atoms with Crippen molar-refractivity contribution in [2.24, 2.45) is 10.7 Å². The minimum absolute atomic E-state index is 0.0638. The van der Waals surface area contributed by atoms with Gasteiger partial charge in [-0.2, -0.15) is 4.99 Å². The van der Waals surface area contributed by atoms with Gasteiger partial charge in [0.25, 0.3) is 5.91 Å². The Hall–Kier alpha value is -4.25. The van der Waals surface area contributed by atoms with Gasteiger partial charge in [0.05, 0.1) is 18.3 Å². The number of rotatable bonds is 11. The maximum absolute atomic E-state index is 13.6. The van der Waals surface area contributed by atoms with Crippen LogP contribution >= 0.6 is 0 Å². The van der Waals surface area contributed by atoms with E-state index in [2.05, 4.69) is 10.3 Å². The molecule has 2 unspecified atom stereocenters. The van der Waals surface area contributed by atoms with E-state index in [-0.39, 0.29) is 30.4 Å². The molecule has 0 saturated carbocycles. The molecule has 0 aliphatic carbocycles. The molecule has 228 valence electrons. The fraction of sp³-hybridized carbons (Fsp3) is 0.452. The average Bonchev–Trinajstić information content (AvgIpc) is 2.88. The van der Waals surface area contributed by atoms with Crippen molar-refractivity contribution in [3.8, 4) is 5.75 Å². The van der Waals surface area contributed by atoms with Crippen molar-refractivity contribution in [3.63, 3.8) is 0 Å². The van der Waals surface area contributed by atoms with E-state index < -0.39 is 41.3 Å². The third-order valence-corrected chi connectivity index (χ3v) is 5.43. The Morgan fingerprint density at radius 3 is 1.93 bits per heavy atom. The smallest absolute Gasteiger partial charge is 0.436 e. The number of Topliss-reactive ketones (excluding diaryl/α,β-unsaturated/α-hetero) is 1. The number of amidine groups is 1. The van der Waals surface area contributed by atoms with Gasteiger partial charge in [-0.15, -0.1) is 0 Å². The molecule has 0 saturated heterocycles. The zero-order chi connectivity index (χ0) is 31.7. The number of hydrogen-bond donors (Lipinski definition) is 2. The average molecular weight is 584 g/mol. The molecule has 0 bridgehead atoms. The van der Waals surface area contributed by atoms with Gasteiger partial charge in [0.2, 0.25) is 0 Å². The molecule has 0 aromatic heterocycles. The standard InChI is InChI=1S/C31H41N3O8/c1-9-39-24(35)18-40-23-16-14-20(15-17-23)26(36)25(19(2)41-30(3,4)5)33-28(37)22-12-10-21(11-13-22)27(32)34-29(38)42-31(6,7)8/h10-17,19,25H,9,18H2,1-8H3,(H,33,37)(H2,32,34,38). The first kappa shape index (κ1) is 34.0. The Balaban J connectivity index is 2.21. The van der Waals surface area contributed by atoms with Crippen molar-refractivity contribution in [1.29, 1.82) is 0 Å². The van der Waals surface area contributed by atoms with Crippen molar-refractivity contribution in [1.82, 2.24) is 5.32 Å². The monoisotopic (exact) mass is 583 g/mol. The summed E-state index contributed by atoms with van der Waals surface area (Å²) in [6, 6.07) is 11.3. The number of ketones is 1. The van der Waals surface area contributed by atoms with Crippen LogP contribution in [-0.4, -0.2) is 66.2 Å². The maximum Gasteiger partial charge on any atom is 0.436 e. The second-order valence-electron chi connectivity index (χ2n) is 11.4. The number of aliphatic imine (C=N–C) groups is 1. The summed E-state index contributed by atoms with van der Waals surface area (Å²) in [6.45, 7) is 14.1. The fourth-order valence-electron chi connectivity index (χ4n) is 3.73. The lowest BCUT2D eigenvalue weighted by Gasteiger charge is -2.30. The van der Waals surface area contributed by atoms with Crippen LogP contribution in [0.5, 0.6) is 5.75 Å². The number of nitrogens with two attached hydrogens (primary N) is 1. The summed E-state index contributed by atoms with van der Waals surface area (Å²) in [7, 11) is 0. The predicted octanol–water partition coefficient (Wildman–Crippen LogP) is 4.45. The van der Waals surface area contributed by atoms with E-state index >= 15 is 0 Å². The topological polar surface area (TPSA) is 156 Å². The van der Waals surface area contributed by atoms with Crippen LogP contribution in [-0.2, 0) is 19.0 Å². The zero-order valence-electron chi connectivity index (χ0n) is 25.5. The highest BCUT2D eigenvalue weighted by molar-refractivity contribution is 6.06. The van der Waals surface area contributed by atoms with Crippen LogP contribution < -0.4 is 15.8 Å². The summed E-state index contributed by atoms with van der Waals surface area (Å²) in [5, 5.41) is 2.79. The molecule has 0 radical (unpaired) electrons. The van der Waals surface area contributed by atoms with E-state index in [9.17, 15) is 19.2 Å². The summed E-state index contributed by atoms with van der Waals surface area (Å²) in [5.41, 5.74) is 5.62. The SMILES string of the molecule is CCOC(=O)COc1ccc(C(=O)C(NC(=O)c2ccc(/C(N)=N\C(=O)OC(C)(C)C)cc2)C(C)OC(C)(C)C)cc1. The van der Waals surface area contributed by atoms with Gasteiger partial charge in [-0.3, -0.25) is 9.59 Å². The number of carbonyl (C=O) groups excluding carboxylic acids is 4. The second-order valence-corrected chi connectivity index (χ2v) is 11.4. The van der Waals surface area contributed by atoms with Crippen molar-refractivity contribution in [2.45, 2.75) is 78.7 Å². The van der Waals surface area contributed by atoms with Gasteiger partial charge in [-0.05, 0) is 91.8 Å². The zero-order valence-corrected chi connectivity index (χ0v) is 25.5. The number of benzene rings is 2. The van der Waals surface area contributed by atoms with E-state index in [1.165, 1.54) is 12.1 Å². The molecule has 11 heteroatoms. The number of nitrogens with one attached hydrogen (secondary N) is 1. The Kier molecular flexibility index (Phi) is 11.8. The third kappa shape index (κ3) is 11.3. The molecule has 11 nitrogen and oxygen atoms in total. The lowest BCUT2D eigenvalue weighted by Crippen LogP contribution is -2.50. The van der Waals surface area contributed by atoms with Gasteiger partial charge in [-0.1, -0.05) is 12.1 Å². The van der Waals surface area contributed by atoms with E-state index in [4.69, 9.17) is 24.7 Å². The van der Waals surface area contributed by atoms with Crippen LogP contribution in [0.25, 0.3) is 0 Å². The van der Waals surface area contributed by atoms with Crippen molar-refractivity contribution in [3.05, 3.63) is 65.2 Å². The summed E-state index contributed by atoms with van der Waals surface area (Å²) in [5.74, 6) is -1.07. The summed E-state index contributed by atoms with van der Waals surface area (Å²) in [4.78, 5) is 54.0. The largest absolute Gasteiger partial charge is 0.482 e. The number of hydrogen-bond acceptors (Lipinski definition) is 8. The summed E-state index contributed by atoms with van der Waals surface area (Å²) < 4.78 is 21.4. The van der Waals surface area contributed by atoms with E-state index in [0.29, 0.717) is 16.9 Å². The molecular weight excluding hydrogens is 542 g/mol. The Morgan fingerprint density at radius 1 is 0.857 bits per heavy atom. The minimum Gasteiger partial charge on any atom is -0.482 e. The molecule has 0 aliphatic rings. The number of ether oxygens (including phenoxy) is 4. The Bertz CT molecular complexity index is 1270. The van der Waals surface area contributed by atoms with Crippen LogP contribution in [0.3, 0.4) is 0 Å². The van der Waals surface area contributed by atoms with E-state index in [1.54, 1.807) is 71.0 Å². The van der Waals surface area contributed by atoms with Crippen LogP contribution in [0.15, 0.2) is 53.5 Å².